The molecule has 0 saturated heterocycles. The summed E-state index contributed by atoms with van der Waals surface area (Å²) in [4.78, 5) is 54.9. The Hall–Kier alpha value is -5.08. The van der Waals surface area contributed by atoms with E-state index in [2.05, 4.69) is 0 Å². The molecule has 0 fully saturated rings. The van der Waals surface area contributed by atoms with Crippen molar-refractivity contribution in [3.8, 4) is 11.3 Å². The summed E-state index contributed by atoms with van der Waals surface area (Å²) in [6, 6.07) is 23.4. The van der Waals surface area contributed by atoms with E-state index in [1.165, 1.54) is 42.5 Å². The number of carbonyl (C=O) groups excluding carboxylic acids is 2. The van der Waals surface area contributed by atoms with Gasteiger partial charge in [0, 0.05) is 24.0 Å². The van der Waals surface area contributed by atoms with Crippen LogP contribution in [0, 0.1) is 0 Å². The van der Waals surface area contributed by atoms with Gasteiger partial charge in [0.25, 0.3) is 0 Å². The molecule has 4 heterocycles. The van der Waals surface area contributed by atoms with Gasteiger partial charge in [0.1, 0.15) is 10.2 Å². The molecule has 0 spiro atoms. The molecule has 0 bridgehead atoms. The third-order valence-electron chi connectivity index (χ3n) is 9.89. The van der Waals surface area contributed by atoms with E-state index in [0.717, 1.165) is 0 Å². The molecule has 2 N–H and O–H groups in total. The average molecular weight is 888 g/mol. The monoisotopic (exact) mass is 886 g/mol. The minimum absolute atomic E-state index is 0. The Morgan fingerprint density at radius 3 is 1.82 bits per heavy atom. The number of nitrogens with zero attached hydrogens (tertiary/aromatic N) is 2. The van der Waals surface area contributed by atoms with Crippen molar-refractivity contribution < 1.29 is 80.4 Å². The standard InChI is InChI=1S/C40H30N2O10S2.2Cu/c43-29(44)17-15-21-7-5-9-23(19-21)33-31-32(36(42-33)40-38(48)26-12-2-4-14-28(26)54(40,51)52)34(24-10-6-8-22(20-24)16-18-30(45)46)41-35(31)39-37(47)25-11-1-3-13-27(25)53(39,49)50;;/h1-14,19-20,35,39H,15-18H2,(H4,41,42,43,44,45,46,48);;/q;2*+1/p-2. The van der Waals surface area contributed by atoms with Gasteiger partial charge in [-0.1, -0.05) is 95.7 Å². The molecule has 1 aromatic heterocycles. The third-order valence-corrected chi connectivity index (χ3v) is 13.9. The number of hydrogen-bond donors (Lipinski definition) is 2. The van der Waals surface area contributed by atoms with Gasteiger partial charge in [-0.25, -0.2) is 16.8 Å². The molecule has 0 aliphatic carbocycles. The van der Waals surface area contributed by atoms with Gasteiger partial charge in [-0.15, -0.1) is 16.7 Å². The second-order valence-corrected chi connectivity index (χ2v) is 17.1. The number of ketones is 2. The number of aryl methyl sites for hydroxylation is 2. The van der Waals surface area contributed by atoms with Gasteiger partial charge in [-0.3, -0.25) is 19.2 Å². The molecule has 8 rings (SSSR count). The van der Waals surface area contributed by atoms with Gasteiger partial charge in [0.05, 0.1) is 9.79 Å². The van der Waals surface area contributed by atoms with Crippen LogP contribution in [-0.2, 0) is 76.2 Å². The van der Waals surface area contributed by atoms with Gasteiger partial charge in [-0.05, 0) is 53.3 Å². The number of fused-ring (bicyclic) bond motifs is 3. The molecule has 16 heteroatoms. The van der Waals surface area contributed by atoms with Crippen LogP contribution in [0.2, 0.25) is 0 Å². The number of carbonyl (C=O) groups is 4. The smallest absolute Gasteiger partial charge is 0.676 e. The Kier molecular flexibility index (Phi) is 10.9. The van der Waals surface area contributed by atoms with E-state index in [4.69, 9.17) is 10.3 Å². The average Bonchev–Trinajstić information content (AvgIpc) is 3.83. The fourth-order valence-corrected chi connectivity index (χ4v) is 11.1. The summed E-state index contributed by atoms with van der Waals surface area (Å²) in [5.41, 5.74) is 2.10. The Bertz CT molecular complexity index is 2870. The number of aliphatic carboxylic acids is 2. The van der Waals surface area contributed by atoms with Crippen molar-refractivity contribution in [2.75, 3.05) is 0 Å². The second kappa shape index (κ2) is 15.1. The molecule has 3 aliphatic heterocycles. The molecule has 3 aliphatic rings. The van der Waals surface area contributed by atoms with Crippen molar-refractivity contribution in [3.63, 3.8) is 0 Å². The number of rotatable bonds is 9. The topological polar surface area (TPSA) is 205 Å². The Morgan fingerprint density at radius 1 is 0.679 bits per heavy atom. The SMILES string of the molecule is O=C(O)CCc1cccc(C2=c3c(c(-c4cccc(CCC(=O)O)c4)[n-]/c3=C3\C(=O)c4ccccc4S3(=O)=O)C(C3C(=O)c4ccccc4S3(=O)=O)[N-]2)c1.[Cu+].[Cu+]. The zero-order valence-corrected chi connectivity index (χ0v) is 32.2. The number of benzene rings is 4. The summed E-state index contributed by atoms with van der Waals surface area (Å²) in [6.45, 7) is 0. The van der Waals surface area contributed by atoms with Crippen molar-refractivity contribution in [1.82, 2.24) is 4.98 Å². The summed E-state index contributed by atoms with van der Waals surface area (Å²) in [7, 11) is -8.85. The molecule has 56 heavy (non-hydrogen) atoms. The molecule has 0 saturated carbocycles. The van der Waals surface area contributed by atoms with E-state index in [1.807, 2.05) is 0 Å². The maximum Gasteiger partial charge on any atom is 1.00 e. The molecule has 4 aromatic carbocycles. The normalized spacial score (nSPS) is 19.2. The van der Waals surface area contributed by atoms with E-state index in [0.29, 0.717) is 22.3 Å². The Labute approximate surface area is 341 Å². The molecule has 0 amide bonds. The quantitative estimate of drug-likeness (QED) is 0.204. The van der Waals surface area contributed by atoms with Crippen LogP contribution < -0.4 is 15.6 Å². The Balaban J connectivity index is 0.00000266. The molecule has 0 radical (unpaired) electrons. The molecule has 2 unspecified atom stereocenters. The van der Waals surface area contributed by atoms with Gasteiger partial charge in [-0.2, -0.15) is 0 Å². The van der Waals surface area contributed by atoms with Crippen LogP contribution in [0.1, 0.15) is 61.9 Å². The third kappa shape index (κ3) is 6.55. The number of hydrogen-bond acceptors (Lipinski definition) is 8. The Morgan fingerprint density at radius 2 is 1.23 bits per heavy atom. The number of Topliss-reactive ketones (excluding diaryl/α,β-unsaturated/α-hetero) is 2. The first kappa shape index (κ1) is 40.6. The maximum atomic E-state index is 14.3. The van der Waals surface area contributed by atoms with Crippen molar-refractivity contribution in [2.45, 2.75) is 46.8 Å². The first-order valence-electron chi connectivity index (χ1n) is 16.8. The predicted molar refractivity (Wildman–Crippen MR) is 195 cm³/mol. The largest absolute Gasteiger partial charge is 1.00 e. The first-order chi connectivity index (χ1) is 25.8. The van der Waals surface area contributed by atoms with E-state index in [9.17, 15) is 46.2 Å². The van der Waals surface area contributed by atoms with E-state index in [-0.39, 0.29) is 108 Å². The van der Waals surface area contributed by atoms with Crippen molar-refractivity contribution in [1.29, 1.82) is 0 Å². The van der Waals surface area contributed by atoms with Gasteiger partial charge < -0.3 is 20.5 Å². The summed E-state index contributed by atoms with van der Waals surface area (Å²) < 4.78 is 57.0. The maximum absolute atomic E-state index is 14.3. The zero-order valence-electron chi connectivity index (χ0n) is 28.7. The second-order valence-electron chi connectivity index (χ2n) is 13.2. The fraction of sp³-hybridized carbons (Fsp3) is 0.150. The predicted octanol–water partition coefficient (Wildman–Crippen LogP) is 3.74. The minimum atomic E-state index is -4.48. The van der Waals surface area contributed by atoms with Crippen LogP contribution in [-0.4, -0.2) is 55.8 Å². The molecule has 2 atom stereocenters. The summed E-state index contributed by atoms with van der Waals surface area (Å²) in [6.07, 6.45) is -0.105. The van der Waals surface area contributed by atoms with Crippen LogP contribution in [0.4, 0.5) is 0 Å². The van der Waals surface area contributed by atoms with Gasteiger partial charge in [0.2, 0.25) is 15.6 Å². The fourth-order valence-electron chi connectivity index (χ4n) is 7.48. The van der Waals surface area contributed by atoms with Crippen molar-refractivity contribution >= 4 is 53.8 Å². The minimum Gasteiger partial charge on any atom is -0.676 e. The van der Waals surface area contributed by atoms with Gasteiger partial charge >= 0.3 is 46.1 Å². The zero-order chi connectivity index (χ0) is 38.1. The van der Waals surface area contributed by atoms with Crippen LogP contribution >= 0.6 is 0 Å². The van der Waals surface area contributed by atoms with Crippen LogP contribution in [0.3, 0.4) is 0 Å². The van der Waals surface area contributed by atoms with Crippen molar-refractivity contribution in [2.24, 2.45) is 0 Å². The van der Waals surface area contributed by atoms with E-state index < -0.39 is 59.4 Å². The number of aromatic nitrogens is 1. The molecule has 12 nitrogen and oxygen atoms in total. The molecular weight excluding hydrogens is 860 g/mol. The van der Waals surface area contributed by atoms with Crippen LogP contribution in [0.5, 0.6) is 0 Å². The number of carboxylic acid groups (broad SMARTS) is 2. The molecule has 5 aromatic rings. The summed E-state index contributed by atoms with van der Waals surface area (Å²) >= 11 is 0. The van der Waals surface area contributed by atoms with Crippen molar-refractivity contribution in [3.05, 3.63) is 146 Å². The van der Waals surface area contributed by atoms with Crippen LogP contribution in [0.15, 0.2) is 107 Å². The summed E-state index contributed by atoms with van der Waals surface area (Å²) in [5, 5.41) is 21.6. The van der Waals surface area contributed by atoms with E-state index in [1.54, 1.807) is 54.6 Å². The number of sulfone groups is 2. The first-order valence-corrected chi connectivity index (χ1v) is 19.9. The molecule has 292 valence electrons. The van der Waals surface area contributed by atoms with Crippen LogP contribution in [0.25, 0.3) is 27.2 Å². The number of carboxylic acids is 2. The summed E-state index contributed by atoms with van der Waals surface area (Å²) in [5.74, 6) is -3.58. The molecular formula is C40H28Cu2N2O10S2. The van der Waals surface area contributed by atoms with E-state index >= 15 is 0 Å². The van der Waals surface area contributed by atoms with Gasteiger partial charge in [0.15, 0.2) is 15.6 Å².